The smallest absolute Gasteiger partial charge is 0.125 e. The number of rotatable bonds is 3. The zero-order chi connectivity index (χ0) is 26.7. The van der Waals surface area contributed by atoms with Crippen molar-refractivity contribution in [2.75, 3.05) is 0 Å². The van der Waals surface area contributed by atoms with Crippen LogP contribution in [0.25, 0.3) is 43.9 Å². The quantitative estimate of drug-likeness (QED) is 0.182. The normalized spacial score (nSPS) is 13.3. The number of phenols is 2. The van der Waals surface area contributed by atoms with Gasteiger partial charge in [0.1, 0.15) is 11.5 Å². The third kappa shape index (κ3) is 4.03. The molecule has 0 unspecified atom stereocenters. The minimum Gasteiger partial charge on any atom is -0.507 e. The molecule has 40 heavy (non-hydrogen) atoms. The van der Waals surface area contributed by atoms with E-state index in [1.54, 1.807) is 12.3 Å². The van der Waals surface area contributed by atoms with Gasteiger partial charge in [0.2, 0.25) is 0 Å². The number of aliphatic imine (C=N–C) groups is 1. The van der Waals surface area contributed by atoms with Crippen LogP contribution in [0.2, 0.25) is 0 Å². The van der Waals surface area contributed by atoms with E-state index in [1.165, 1.54) is 11.1 Å². The summed E-state index contributed by atoms with van der Waals surface area (Å²) in [6, 6.07) is 33.7. The maximum atomic E-state index is 11.3. The molecular weight excluding hydrogens is 675 g/mol. The number of benzene rings is 5. The molecule has 0 aliphatic heterocycles. The summed E-state index contributed by atoms with van der Waals surface area (Å²) in [7, 11) is 0. The number of nitrogens with zero attached hydrogens (tertiary/aromatic N) is 2. The first-order chi connectivity index (χ1) is 18.9. The van der Waals surface area contributed by atoms with Gasteiger partial charge >= 0.3 is 0 Å². The summed E-state index contributed by atoms with van der Waals surface area (Å²) in [6.07, 6.45) is 1.75. The number of hydrogen-bond acceptors (Lipinski definition) is 4. The van der Waals surface area contributed by atoms with Gasteiger partial charge in [0.25, 0.3) is 0 Å². The van der Waals surface area contributed by atoms with Crippen LogP contribution in [0.5, 0.6) is 11.5 Å². The third-order valence-corrected chi connectivity index (χ3v) is 7.93. The summed E-state index contributed by atoms with van der Waals surface area (Å²) >= 11 is 0. The second-order valence-corrected chi connectivity index (χ2v) is 10.6. The van der Waals surface area contributed by atoms with E-state index in [0.717, 1.165) is 27.3 Å². The van der Waals surface area contributed by atoms with Crippen molar-refractivity contribution in [3.05, 3.63) is 120 Å². The van der Waals surface area contributed by atoms with E-state index in [0.29, 0.717) is 28.0 Å². The van der Waals surface area contributed by atoms with E-state index in [4.69, 9.17) is 9.98 Å². The van der Waals surface area contributed by atoms with Crippen LogP contribution in [0.1, 0.15) is 30.7 Å². The molecule has 1 aliphatic carbocycles. The number of pyridine rings is 1. The van der Waals surface area contributed by atoms with Gasteiger partial charge in [-0.2, -0.15) is 0 Å². The van der Waals surface area contributed by atoms with Gasteiger partial charge in [-0.25, -0.2) is 4.98 Å². The minimum absolute atomic E-state index is 0. The van der Waals surface area contributed by atoms with E-state index < -0.39 is 0 Å². The monoisotopic (exact) mass is 701 g/mol. The first-order valence-corrected chi connectivity index (χ1v) is 13.0. The van der Waals surface area contributed by atoms with Crippen molar-refractivity contribution in [2.24, 2.45) is 4.99 Å². The molecule has 5 heteroatoms. The van der Waals surface area contributed by atoms with Crippen LogP contribution in [-0.4, -0.2) is 21.4 Å². The Hall–Kier alpha value is -4.27. The number of hydrogen-bond donors (Lipinski definition) is 2. The Bertz CT molecular complexity index is 1970. The first-order valence-electron chi connectivity index (χ1n) is 13.0. The molecule has 1 aromatic heterocycles. The van der Waals surface area contributed by atoms with Crippen molar-refractivity contribution in [1.29, 1.82) is 0 Å². The number of aromatic nitrogens is 1. The van der Waals surface area contributed by atoms with Crippen LogP contribution in [0.4, 0.5) is 5.69 Å². The van der Waals surface area contributed by atoms with Crippen molar-refractivity contribution in [3.8, 4) is 33.9 Å². The van der Waals surface area contributed by atoms with Crippen LogP contribution in [0.15, 0.2) is 108 Å². The average molecular weight is 702 g/mol. The Morgan fingerprint density at radius 3 is 2.25 bits per heavy atom. The Labute approximate surface area is 247 Å². The summed E-state index contributed by atoms with van der Waals surface area (Å²) in [6.45, 7) is 4.40. The fraction of sp³-hybridized carbons (Fsp3) is 0.0857. The van der Waals surface area contributed by atoms with Crippen molar-refractivity contribution in [2.45, 2.75) is 19.3 Å². The molecule has 1 heterocycles. The molecule has 0 radical (unpaired) electrons. The molecule has 5 aromatic carbocycles. The molecule has 7 rings (SSSR count). The summed E-state index contributed by atoms with van der Waals surface area (Å²) in [5.41, 5.74) is 7.22. The number of fused-ring (bicyclic) bond motifs is 5. The van der Waals surface area contributed by atoms with Crippen molar-refractivity contribution >= 4 is 33.4 Å². The van der Waals surface area contributed by atoms with Crippen molar-refractivity contribution < 1.29 is 31.3 Å². The molecule has 1 aliphatic rings. The van der Waals surface area contributed by atoms with Crippen molar-refractivity contribution in [3.63, 3.8) is 0 Å². The summed E-state index contributed by atoms with van der Waals surface area (Å²) in [4.78, 5) is 9.76. The second-order valence-electron chi connectivity index (χ2n) is 10.6. The fourth-order valence-electron chi connectivity index (χ4n) is 5.94. The maximum Gasteiger partial charge on any atom is 0.125 e. The molecule has 0 amide bonds. The molecule has 0 fully saturated rings. The van der Waals surface area contributed by atoms with E-state index in [1.807, 2.05) is 66.7 Å². The molecule has 0 spiro atoms. The molecular formula is C35H26N2O2Pt. The molecule has 0 bridgehead atoms. The van der Waals surface area contributed by atoms with E-state index in [-0.39, 0.29) is 38.0 Å². The standard InChI is InChI=1S/C35H26N2O2.Pt/c1-35(2)27-14-6-5-13-24(27)25-18-26(33(39)19-28(25)35)30-17-22-9-3-4-12-23(22)31(37-30)20-36-29-15-7-10-21-11-8-16-32(38)34(21)29;/h3-20,38-39H,1-2H3;. The van der Waals surface area contributed by atoms with Gasteiger partial charge in [-0.05, 0) is 63.4 Å². The summed E-state index contributed by atoms with van der Waals surface area (Å²) in [5, 5.41) is 25.4. The predicted octanol–water partition coefficient (Wildman–Crippen LogP) is 8.52. The van der Waals surface area contributed by atoms with Crippen LogP contribution in [0.3, 0.4) is 0 Å². The second kappa shape index (κ2) is 9.73. The van der Waals surface area contributed by atoms with Crippen LogP contribution in [-0.2, 0) is 26.5 Å². The van der Waals surface area contributed by atoms with E-state index in [9.17, 15) is 10.2 Å². The van der Waals surface area contributed by atoms with Crippen LogP contribution < -0.4 is 0 Å². The van der Waals surface area contributed by atoms with Crippen LogP contribution in [0, 0.1) is 0 Å². The zero-order valence-corrected chi connectivity index (χ0v) is 24.3. The third-order valence-electron chi connectivity index (χ3n) is 7.93. The molecule has 2 N–H and O–H groups in total. The van der Waals surface area contributed by atoms with Gasteiger partial charge in [0, 0.05) is 42.8 Å². The van der Waals surface area contributed by atoms with Crippen LogP contribution >= 0.6 is 0 Å². The van der Waals surface area contributed by atoms with Gasteiger partial charge in [0.15, 0.2) is 0 Å². The SMILES string of the molecule is CC1(C)c2ccccc2-c2cc(-c3cc4ccccc4c(C=Nc4cccc5cccc(O)c45)n3)c(O)cc21.[Pt]. The maximum absolute atomic E-state index is 11.3. The first kappa shape index (κ1) is 26.0. The summed E-state index contributed by atoms with van der Waals surface area (Å²) in [5.74, 6) is 0.400. The number of phenolic OH excluding ortho intramolecular Hbond substituents is 2. The minimum atomic E-state index is -0.194. The fourth-order valence-corrected chi connectivity index (χ4v) is 5.94. The summed E-state index contributed by atoms with van der Waals surface area (Å²) < 4.78 is 0. The Kier molecular flexibility index (Phi) is 6.32. The molecule has 4 nitrogen and oxygen atoms in total. The molecule has 198 valence electrons. The largest absolute Gasteiger partial charge is 0.507 e. The Balaban J connectivity index is 0.00000289. The van der Waals surface area contributed by atoms with Crippen molar-refractivity contribution in [1.82, 2.24) is 4.98 Å². The van der Waals surface area contributed by atoms with Gasteiger partial charge in [-0.15, -0.1) is 0 Å². The zero-order valence-electron chi connectivity index (χ0n) is 22.0. The molecule has 0 saturated heterocycles. The Morgan fingerprint density at radius 1 is 0.675 bits per heavy atom. The molecule has 6 aromatic rings. The average Bonchev–Trinajstić information content (AvgIpc) is 3.17. The van der Waals surface area contributed by atoms with Gasteiger partial charge in [-0.3, -0.25) is 4.99 Å². The van der Waals surface area contributed by atoms with E-state index >= 15 is 0 Å². The van der Waals surface area contributed by atoms with Gasteiger partial charge in [0.05, 0.1) is 23.3 Å². The topological polar surface area (TPSA) is 65.7 Å². The predicted molar refractivity (Wildman–Crippen MR) is 159 cm³/mol. The molecule has 0 saturated carbocycles. The van der Waals surface area contributed by atoms with Gasteiger partial charge < -0.3 is 10.2 Å². The van der Waals surface area contributed by atoms with Gasteiger partial charge in [-0.1, -0.05) is 86.6 Å². The molecule has 0 atom stereocenters. The Morgan fingerprint density at radius 2 is 1.40 bits per heavy atom. The number of aromatic hydroxyl groups is 2. The van der Waals surface area contributed by atoms with E-state index in [2.05, 4.69) is 44.2 Å².